The first-order chi connectivity index (χ1) is 24.3. The van der Waals surface area contributed by atoms with Crippen molar-refractivity contribution >= 4 is 11.8 Å². The van der Waals surface area contributed by atoms with E-state index in [9.17, 15) is 0 Å². The summed E-state index contributed by atoms with van der Waals surface area (Å²) in [6, 6.07) is 18.8. The zero-order valence-corrected chi connectivity index (χ0v) is 33.9. The summed E-state index contributed by atoms with van der Waals surface area (Å²) in [7, 11) is 0. The summed E-state index contributed by atoms with van der Waals surface area (Å²) in [5, 5.41) is 0. The molecule has 0 heterocycles. The molecule has 0 saturated heterocycles. The van der Waals surface area contributed by atoms with Crippen LogP contribution < -0.4 is 0 Å². The highest BCUT2D eigenvalue weighted by atomic mass is 32.2. The first-order valence-electron chi connectivity index (χ1n) is 22.2. The van der Waals surface area contributed by atoms with Crippen molar-refractivity contribution in [1.82, 2.24) is 0 Å². The van der Waals surface area contributed by atoms with Crippen molar-refractivity contribution in [3.8, 4) is 0 Å². The van der Waals surface area contributed by atoms with Gasteiger partial charge in [-0.3, -0.25) is 0 Å². The van der Waals surface area contributed by atoms with E-state index < -0.39 is 0 Å². The maximum absolute atomic E-state index is 2.36. The van der Waals surface area contributed by atoms with Crippen LogP contribution in [0.25, 0.3) is 0 Å². The van der Waals surface area contributed by atoms with Crippen LogP contribution in [0.1, 0.15) is 230 Å². The van der Waals surface area contributed by atoms with E-state index in [-0.39, 0.29) is 0 Å². The van der Waals surface area contributed by atoms with E-state index in [2.05, 4.69) is 62.4 Å². The number of aryl methyl sites for hydroxylation is 2. The first-order valence-corrected chi connectivity index (χ1v) is 23.0. The molecule has 0 aliphatic rings. The standard InChI is InChI=1S/C48H82S/c1-3-5-7-9-11-13-15-17-19-21-23-25-27-29-31-33-35-45-37-41-47(42-38-45)49-48-43-39-46(40-44-48)36-34-32-30-28-26-24-22-20-18-16-14-12-10-8-6-4-2/h37-44H,3-36H2,1-2H3. The van der Waals surface area contributed by atoms with Crippen LogP contribution in [0.4, 0.5) is 0 Å². The van der Waals surface area contributed by atoms with Crippen molar-refractivity contribution in [1.29, 1.82) is 0 Å². The van der Waals surface area contributed by atoms with Gasteiger partial charge in [0.15, 0.2) is 0 Å². The van der Waals surface area contributed by atoms with E-state index in [0.717, 1.165) is 0 Å². The van der Waals surface area contributed by atoms with Crippen molar-refractivity contribution in [3.05, 3.63) is 59.7 Å². The van der Waals surface area contributed by atoms with E-state index in [1.54, 1.807) is 0 Å². The molecule has 0 unspecified atom stereocenters. The maximum atomic E-state index is 2.36. The molecule has 280 valence electrons. The molecule has 2 aromatic carbocycles. The van der Waals surface area contributed by atoms with Gasteiger partial charge in [-0.1, -0.05) is 242 Å². The third kappa shape index (κ3) is 27.2. The van der Waals surface area contributed by atoms with Gasteiger partial charge in [0.05, 0.1) is 0 Å². The molecule has 0 spiro atoms. The minimum absolute atomic E-state index is 1.23. The third-order valence-corrected chi connectivity index (χ3v) is 11.7. The molecule has 0 aliphatic heterocycles. The lowest BCUT2D eigenvalue weighted by Gasteiger charge is -2.07. The topological polar surface area (TPSA) is 0 Å². The summed E-state index contributed by atoms with van der Waals surface area (Å²) in [5.41, 5.74) is 3.01. The molecular formula is C48H82S. The lowest BCUT2D eigenvalue weighted by atomic mass is 10.0. The Labute approximate surface area is 312 Å². The molecule has 1 heteroatoms. The lowest BCUT2D eigenvalue weighted by Crippen LogP contribution is -1.88. The molecule has 0 bridgehead atoms. The van der Waals surface area contributed by atoms with Crippen LogP contribution in [0, 0.1) is 0 Å². The minimum Gasteiger partial charge on any atom is -0.0901 e. The SMILES string of the molecule is CCCCCCCCCCCCCCCCCCc1ccc(Sc2ccc(CCCCCCCCCCCCCCCCCC)cc2)cc1. The Morgan fingerprint density at radius 3 is 0.694 bits per heavy atom. The van der Waals surface area contributed by atoms with Gasteiger partial charge in [0.1, 0.15) is 0 Å². The lowest BCUT2D eigenvalue weighted by molar-refractivity contribution is 0.529. The van der Waals surface area contributed by atoms with Crippen molar-refractivity contribution in [2.75, 3.05) is 0 Å². The predicted molar refractivity (Wildman–Crippen MR) is 224 cm³/mol. The smallest absolute Gasteiger partial charge is 0.0122 e. The second-order valence-electron chi connectivity index (χ2n) is 15.5. The van der Waals surface area contributed by atoms with E-state index in [4.69, 9.17) is 0 Å². The van der Waals surface area contributed by atoms with E-state index in [0.29, 0.717) is 0 Å². The van der Waals surface area contributed by atoms with Crippen LogP contribution in [0.15, 0.2) is 58.3 Å². The van der Waals surface area contributed by atoms with E-state index in [1.165, 1.54) is 239 Å². The van der Waals surface area contributed by atoms with Crippen LogP contribution >= 0.6 is 11.8 Å². The van der Waals surface area contributed by atoms with Crippen LogP contribution in [0.5, 0.6) is 0 Å². The number of hydrogen-bond donors (Lipinski definition) is 0. The molecule has 2 rings (SSSR count). The van der Waals surface area contributed by atoms with Gasteiger partial charge in [-0.2, -0.15) is 0 Å². The highest BCUT2D eigenvalue weighted by molar-refractivity contribution is 7.99. The number of benzene rings is 2. The minimum atomic E-state index is 1.23. The molecule has 0 fully saturated rings. The average molecular weight is 691 g/mol. The number of hydrogen-bond acceptors (Lipinski definition) is 1. The molecular weight excluding hydrogens is 609 g/mol. The second-order valence-corrected chi connectivity index (χ2v) is 16.6. The van der Waals surface area contributed by atoms with Crippen molar-refractivity contribution in [2.45, 2.75) is 242 Å². The van der Waals surface area contributed by atoms with Gasteiger partial charge in [0.2, 0.25) is 0 Å². The Kier molecular flexibility index (Phi) is 30.4. The van der Waals surface area contributed by atoms with Crippen LogP contribution in [-0.4, -0.2) is 0 Å². The molecule has 0 aromatic heterocycles. The quantitative estimate of drug-likeness (QED) is 0.0641. The van der Waals surface area contributed by atoms with E-state index >= 15 is 0 Å². The van der Waals surface area contributed by atoms with Crippen LogP contribution in [-0.2, 0) is 12.8 Å². The Morgan fingerprint density at radius 1 is 0.265 bits per heavy atom. The normalized spacial score (nSPS) is 11.5. The summed E-state index contributed by atoms with van der Waals surface area (Å²) in [5.74, 6) is 0. The van der Waals surface area contributed by atoms with Crippen molar-refractivity contribution in [3.63, 3.8) is 0 Å². The molecule has 2 aromatic rings. The third-order valence-electron chi connectivity index (χ3n) is 10.7. The van der Waals surface area contributed by atoms with Crippen molar-refractivity contribution in [2.24, 2.45) is 0 Å². The number of rotatable bonds is 36. The van der Waals surface area contributed by atoms with Gasteiger partial charge in [0.25, 0.3) is 0 Å². The van der Waals surface area contributed by atoms with Crippen LogP contribution in [0.2, 0.25) is 0 Å². The van der Waals surface area contributed by atoms with Gasteiger partial charge >= 0.3 is 0 Å². The fourth-order valence-corrected chi connectivity index (χ4v) is 8.16. The Hall–Kier alpha value is -1.21. The van der Waals surface area contributed by atoms with E-state index in [1.807, 2.05) is 11.8 Å². The monoisotopic (exact) mass is 691 g/mol. The largest absolute Gasteiger partial charge is 0.0901 e. The average Bonchev–Trinajstić information content (AvgIpc) is 3.12. The fourth-order valence-electron chi connectivity index (χ4n) is 7.34. The Morgan fingerprint density at radius 2 is 0.469 bits per heavy atom. The number of unbranched alkanes of at least 4 members (excludes halogenated alkanes) is 30. The molecule has 0 nitrogen and oxygen atoms in total. The molecule has 0 aliphatic carbocycles. The van der Waals surface area contributed by atoms with Gasteiger partial charge in [0, 0.05) is 9.79 Å². The van der Waals surface area contributed by atoms with Gasteiger partial charge in [-0.05, 0) is 61.1 Å². The van der Waals surface area contributed by atoms with Gasteiger partial charge in [-0.15, -0.1) is 0 Å². The van der Waals surface area contributed by atoms with Gasteiger partial charge < -0.3 is 0 Å². The highest BCUT2D eigenvalue weighted by Gasteiger charge is 2.02. The summed E-state index contributed by atoms with van der Waals surface area (Å²) in [6.07, 6.45) is 48.5. The zero-order valence-electron chi connectivity index (χ0n) is 33.1. The first kappa shape index (κ1) is 44.0. The maximum Gasteiger partial charge on any atom is 0.0122 e. The molecule has 0 N–H and O–H groups in total. The summed E-state index contributed by atoms with van der Waals surface area (Å²) in [6.45, 7) is 4.61. The molecule has 49 heavy (non-hydrogen) atoms. The van der Waals surface area contributed by atoms with Crippen LogP contribution in [0.3, 0.4) is 0 Å². The molecule has 0 amide bonds. The zero-order chi connectivity index (χ0) is 34.7. The molecule has 0 saturated carbocycles. The van der Waals surface area contributed by atoms with Gasteiger partial charge in [-0.25, -0.2) is 0 Å². The predicted octanol–water partition coefficient (Wildman–Crippen LogP) is 17.4. The Balaban J connectivity index is 1.38. The van der Waals surface area contributed by atoms with Crippen molar-refractivity contribution < 1.29 is 0 Å². The summed E-state index contributed by atoms with van der Waals surface area (Å²) in [4.78, 5) is 2.72. The Bertz CT molecular complexity index is 851. The highest BCUT2D eigenvalue weighted by Crippen LogP contribution is 2.28. The second kappa shape index (κ2) is 33.9. The fraction of sp³-hybridized carbons (Fsp3) is 0.750. The summed E-state index contributed by atoms with van der Waals surface area (Å²) >= 11 is 1.90. The summed E-state index contributed by atoms with van der Waals surface area (Å²) < 4.78 is 0. The molecule has 0 radical (unpaired) electrons. The molecule has 0 atom stereocenters.